The highest BCUT2D eigenvalue weighted by Gasteiger charge is 2.23. The molecule has 0 unspecified atom stereocenters. The highest BCUT2D eigenvalue weighted by molar-refractivity contribution is 6.00. The zero-order valence-electron chi connectivity index (χ0n) is 6.86. The number of Topliss-reactive ketones (excluding diaryl/α,β-unsaturated/α-hetero) is 1. The van der Waals surface area contributed by atoms with Gasteiger partial charge in [0.1, 0.15) is 5.82 Å². The van der Waals surface area contributed by atoms with E-state index < -0.39 is 0 Å². The van der Waals surface area contributed by atoms with Gasteiger partial charge in [-0.05, 0) is 30.5 Å². The smallest absolute Gasteiger partial charge is 0.166 e. The predicted molar refractivity (Wildman–Crippen MR) is 43.8 cm³/mol. The number of hydrogen-bond donors (Lipinski definition) is 0. The number of aryl methyl sites for hydroxylation is 2. The van der Waals surface area contributed by atoms with Crippen molar-refractivity contribution in [3.63, 3.8) is 0 Å². The first-order chi connectivity index (χ1) is 5.68. The minimum Gasteiger partial charge on any atom is -0.294 e. The molecule has 2 rings (SSSR count). The van der Waals surface area contributed by atoms with Crippen molar-refractivity contribution in [2.24, 2.45) is 0 Å². The lowest BCUT2D eigenvalue weighted by molar-refractivity contribution is 0.0991. The zero-order chi connectivity index (χ0) is 8.72. The van der Waals surface area contributed by atoms with Crippen LogP contribution in [0.4, 0.5) is 4.39 Å². The summed E-state index contributed by atoms with van der Waals surface area (Å²) in [6.07, 6.45) is 1.17. The van der Waals surface area contributed by atoms with Crippen molar-refractivity contribution in [3.05, 3.63) is 34.6 Å². The van der Waals surface area contributed by atoms with Crippen molar-refractivity contribution >= 4 is 5.78 Å². The van der Waals surface area contributed by atoms with E-state index in [1.54, 1.807) is 0 Å². The molecular formula is C10H9FO. The highest BCUT2D eigenvalue weighted by atomic mass is 19.1. The Hall–Kier alpha value is -1.18. The van der Waals surface area contributed by atoms with Crippen molar-refractivity contribution < 1.29 is 9.18 Å². The first-order valence-electron chi connectivity index (χ1n) is 4.00. The second kappa shape index (κ2) is 2.41. The van der Waals surface area contributed by atoms with Gasteiger partial charge in [0, 0.05) is 6.42 Å². The molecule has 1 aromatic carbocycles. The third-order valence-corrected chi connectivity index (χ3v) is 2.22. The predicted octanol–water partition coefficient (Wildman–Crippen LogP) is 2.26. The van der Waals surface area contributed by atoms with Gasteiger partial charge in [-0.3, -0.25) is 4.79 Å². The average molecular weight is 164 g/mol. The summed E-state index contributed by atoms with van der Waals surface area (Å²) >= 11 is 0. The molecule has 0 aliphatic heterocycles. The van der Waals surface area contributed by atoms with Crippen LogP contribution >= 0.6 is 0 Å². The van der Waals surface area contributed by atoms with Crippen LogP contribution in [-0.4, -0.2) is 5.78 Å². The molecule has 0 radical (unpaired) electrons. The van der Waals surface area contributed by atoms with Gasteiger partial charge < -0.3 is 0 Å². The van der Waals surface area contributed by atoms with E-state index in [9.17, 15) is 9.18 Å². The standard InChI is InChI=1S/C10H9FO/c1-6-4-7-2-3-9(12)10(7)8(11)5-6/h4-5H,2-3H2,1H3. The minimum absolute atomic E-state index is 0.0532. The lowest BCUT2D eigenvalue weighted by Gasteiger charge is -2.00. The Morgan fingerprint density at radius 2 is 2.08 bits per heavy atom. The normalized spacial score (nSPS) is 15.0. The van der Waals surface area contributed by atoms with Crippen LogP contribution in [0, 0.1) is 12.7 Å². The van der Waals surface area contributed by atoms with Crippen LogP contribution in [0.1, 0.15) is 27.9 Å². The molecule has 1 aliphatic carbocycles. The van der Waals surface area contributed by atoms with Crippen LogP contribution < -0.4 is 0 Å². The van der Waals surface area contributed by atoms with E-state index in [-0.39, 0.29) is 11.6 Å². The molecule has 0 atom stereocenters. The van der Waals surface area contributed by atoms with Crippen LogP contribution in [0.2, 0.25) is 0 Å². The summed E-state index contributed by atoms with van der Waals surface area (Å²) in [5.41, 5.74) is 2.08. The second-order valence-corrected chi connectivity index (χ2v) is 3.20. The summed E-state index contributed by atoms with van der Waals surface area (Å²) in [5.74, 6) is -0.407. The van der Waals surface area contributed by atoms with Crippen molar-refractivity contribution in [3.8, 4) is 0 Å². The van der Waals surface area contributed by atoms with Gasteiger partial charge in [-0.15, -0.1) is 0 Å². The quantitative estimate of drug-likeness (QED) is 0.574. The van der Waals surface area contributed by atoms with E-state index in [2.05, 4.69) is 0 Å². The number of ketones is 1. The van der Waals surface area contributed by atoms with Crippen LogP contribution in [-0.2, 0) is 6.42 Å². The maximum atomic E-state index is 13.2. The third kappa shape index (κ3) is 0.951. The molecule has 0 spiro atoms. The third-order valence-electron chi connectivity index (χ3n) is 2.22. The zero-order valence-corrected chi connectivity index (χ0v) is 6.86. The van der Waals surface area contributed by atoms with E-state index >= 15 is 0 Å². The molecule has 1 aliphatic rings. The van der Waals surface area contributed by atoms with Gasteiger partial charge in [-0.2, -0.15) is 0 Å². The first kappa shape index (κ1) is 7.47. The highest BCUT2D eigenvalue weighted by Crippen LogP contribution is 2.25. The first-order valence-corrected chi connectivity index (χ1v) is 4.00. The maximum absolute atomic E-state index is 13.2. The van der Waals surface area contributed by atoms with Crippen molar-refractivity contribution in [1.29, 1.82) is 0 Å². The molecule has 12 heavy (non-hydrogen) atoms. The van der Waals surface area contributed by atoms with Gasteiger partial charge in [0.15, 0.2) is 5.78 Å². The summed E-state index contributed by atoms with van der Waals surface area (Å²) in [6, 6.07) is 3.31. The number of carbonyl (C=O) groups is 1. The van der Waals surface area contributed by atoms with E-state index in [1.165, 1.54) is 6.07 Å². The fraction of sp³-hybridized carbons (Fsp3) is 0.300. The number of carbonyl (C=O) groups excluding carboxylic acids is 1. The molecule has 0 aromatic heterocycles. The molecular weight excluding hydrogens is 155 g/mol. The Bertz CT molecular complexity index is 355. The van der Waals surface area contributed by atoms with Gasteiger partial charge in [0.25, 0.3) is 0 Å². The van der Waals surface area contributed by atoms with Gasteiger partial charge in [-0.25, -0.2) is 4.39 Å². The number of halogens is 1. The van der Waals surface area contributed by atoms with Crippen molar-refractivity contribution in [2.75, 3.05) is 0 Å². The number of hydrogen-bond acceptors (Lipinski definition) is 1. The van der Waals surface area contributed by atoms with E-state index in [0.717, 1.165) is 11.1 Å². The van der Waals surface area contributed by atoms with Crippen LogP contribution in [0.15, 0.2) is 12.1 Å². The van der Waals surface area contributed by atoms with E-state index in [0.29, 0.717) is 18.4 Å². The molecule has 0 bridgehead atoms. The van der Waals surface area contributed by atoms with E-state index in [4.69, 9.17) is 0 Å². The Labute approximate surface area is 70.2 Å². The monoisotopic (exact) mass is 164 g/mol. The molecule has 1 aromatic rings. The summed E-state index contributed by atoms with van der Waals surface area (Å²) in [7, 11) is 0. The largest absolute Gasteiger partial charge is 0.294 e. The number of benzene rings is 1. The Morgan fingerprint density at radius 3 is 2.83 bits per heavy atom. The van der Waals surface area contributed by atoms with Crippen LogP contribution in [0.3, 0.4) is 0 Å². The Morgan fingerprint density at radius 1 is 1.33 bits per heavy atom. The van der Waals surface area contributed by atoms with Gasteiger partial charge in [0.05, 0.1) is 5.56 Å². The van der Waals surface area contributed by atoms with Crippen molar-refractivity contribution in [2.45, 2.75) is 19.8 Å². The SMILES string of the molecule is Cc1cc(F)c2c(c1)CCC2=O. The molecule has 62 valence electrons. The molecule has 0 saturated heterocycles. The fourth-order valence-corrected chi connectivity index (χ4v) is 1.70. The lowest BCUT2D eigenvalue weighted by atomic mass is 10.1. The van der Waals surface area contributed by atoms with Crippen LogP contribution in [0.5, 0.6) is 0 Å². The van der Waals surface area contributed by atoms with Crippen LogP contribution in [0.25, 0.3) is 0 Å². The summed E-state index contributed by atoms with van der Waals surface area (Å²) < 4.78 is 13.2. The molecule has 0 amide bonds. The molecule has 0 N–H and O–H groups in total. The van der Waals surface area contributed by atoms with Gasteiger partial charge in [-0.1, -0.05) is 6.07 Å². The summed E-state index contributed by atoms with van der Waals surface area (Å²) in [5, 5.41) is 0. The molecule has 0 saturated carbocycles. The second-order valence-electron chi connectivity index (χ2n) is 3.20. The molecule has 0 heterocycles. The topological polar surface area (TPSA) is 17.1 Å². The Balaban J connectivity index is 2.68. The molecule has 0 fully saturated rings. The lowest BCUT2D eigenvalue weighted by Crippen LogP contribution is -1.96. The van der Waals surface area contributed by atoms with Crippen molar-refractivity contribution in [1.82, 2.24) is 0 Å². The Kier molecular flexibility index (Phi) is 1.50. The molecule has 1 nitrogen and oxygen atoms in total. The fourth-order valence-electron chi connectivity index (χ4n) is 1.70. The minimum atomic E-state index is -0.354. The van der Waals surface area contributed by atoms with E-state index in [1.807, 2.05) is 13.0 Å². The summed E-state index contributed by atoms with van der Waals surface area (Å²) in [4.78, 5) is 11.2. The average Bonchev–Trinajstić information content (AvgIpc) is 2.31. The van der Waals surface area contributed by atoms with Gasteiger partial charge in [0.2, 0.25) is 0 Å². The summed E-state index contributed by atoms with van der Waals surface area (Å²) in [6.45, 7) is 1.84. The number of fused-ring (bicyclic) bond motifs is 1. The molecule has 2 heteroatoms. The van der Waals surface area contributed by atoms with Gasteiger partial charge >= 0.3 is 0 Å². The maximum Gasteiger partial charge on any atom is 0.166 e. The number of rotatable bonds is 0.